The molecule has 0 aliphatic carbocycles. The van der Waals surface area contributed by atoms with E-state index < -0.39 is 0 Å². The van der Waals surface area contributed by atoms with Crippen molar-refractivity contribution >= 4 is 5.91 Å². The molecule has 3 heterocycles. The molecule has 1 amide bonds. The SMILES string of the molecule is CC(C(=O)N1CCC(N2CCNCC2)C1)C1CCOCC1. The number of carbonyl (C=O) groups excluding carboxylic acids is 1. The molecule has 0 bridgehead atoms. The van der Waals surface area contributed by atoms with Crippen LogP contribution in [0.5, 0.6) is 0 Å². The maximum absolute atomic E-state index is 12.7. The fourth-order valence-electron chi connectivity index (χ4n) is 3.99. The highest BCUT2D eigenvalue weighted by molar-refractivity contribution is 5.79. The highest BCUT2D eigenvalue weighted by Crippen LogP contribution is 2.27. The summed E-state index contributed by atoms with van der Waals surface area (Å²) in [6.07, 6.45) is 3.23. The molecule has 5 heteroatoms. The standard InChI is InChI=1S/C16H29N3O2/c1-13(14-3-10-21-11-4-14)16(20)19-7-2-15(12-19)18-8-5-17-6-9-18/h13-15,17H,2-12H2,1H3. The normalized spacial score (nSPS) is 30.5. The number of carbonyl (C=O) groups is 1. The van der Waals surface area contributed by atoms with Crippen molar-refractivity contribution in [2.75, 3.05) is 52.5 Å². The van der Waals surface area contributed by atoms with Gasteiger partial charge in [-0.25, -0.2) is 0 Å². The van der Waals surface area contributed by atoms with Gasteiger partial charge < -0.3 is 15.0 Å². The summed E-state index contributed by atoms with van der Waals surface area (Å²) in [5, 5.41) is 3.40. The number of amides is 1. The summed E-state index contributed by atoms with van der Waals surface area (Å²) in [7, 11) is 0. The molecule has 3 rings (SSSR count). The number of hydrogen-bond donors (Lipinski definition) is 1. The summed E-state index contributed by atoms with van der Waals surface area (Å²) in [6, 6.07) is 0.581. The first-order valence-corrected chi connectivity index (χ1v) is 8.57. The zero-order valence-electron chi connectivity index (χ0n) is 13.2. The van der Waals surface area contributed by atoms with Crippen LogP contribution in [0.1, 0.15) is 26.2 Å². The van der Waals surface area contributed by atoms with Crippen molar-refractivity contribution in [2.45, 2.75) is 32.2 Å². The van der Waals surface area contributed by atoms with Crippen LogP contribution in [-0.4, -0.2) is 74.2 Å². The third-order valence-electron chi connectivity index (χ3n) is 5.51. The minimum Gasteiger partial charge on any atom is -0.381 e. The molecule has 0 radical (unpaired) electrons. The minimum absolute atomic E-state index is 0.163. The van der Waals surface area contributed by atoms with Crippen LogP contribution >= 0.6 is 0 Å². The van der Waals surface area contributed by atoms with Crippen LogP contribution < -0.4 is 5.32 Å². The van der Waals surface area contributed by atoms with E-state index in [9.17, 15) is 4.79 Å². The molecule has 120 valence electrons. The van der Waals surface area contributed by atoms with Gasteiger partial charge in [0, 0.05) is 64.4 Å². The Morgan fingerprint density at radius 2 is 1.86 bits per heavy atom. The molecule has 2 atom stereocenters. The predicted octanol–water partition coefficient (Wildman–Crippen LogP) is 0.555. The second-order valence-corrected chi connectivity index (χ2v) is 6.75. The largest absolute Gasteiger partial charge is 0.381 e. The molecule has 3 aliphatic heterocycles. The van der Waals surface area contributed by atoms with Crippen LogP contribution in [0, 0.1) is 11.8 Å². The summed E-state index contributed by atoms with van der Waals surface area (Å²) in [5.41, 5.74) is 0. The molecule has 2 unspecified atom stereocenters. The Labute approximate surface area is 128 Å². The highest BCUT2D eigenvalue weighted by Gasteiger charge is 2.35. The molecule has 5 nitrogen and oxygen atoms in total. The van der Waals surface area contributed by atoms with E-state index in [0.717, 1.165) is 71.7 Å². The van der Waals surface area contributed by atoms with Crippen LogP contribution in [0.15, 0.2) is 0 Å². The second kappa shape index (κ2) is 7.07. The van der Waals surface area contributed by atoms with Gasteiger partial charge in [-0.15, -0.1) is 0 Å². The summed E-state index contributed by atoms with van der Waals surface area (Å²) in [6.45, 7) is 10.1. The third-order valence-corrected chi connectivity index (χ3v) is 5.51. The minimum atomic E-state index is 0.163. The molecular weight excluding hydrogens is 266 g/mol. The molecule has 0 saturated carbocycles. The average molecular weight is 295 g/mol. The molecule has 21 heavy (non-hydrogen) atoms. The summed E-state index contributed by atoms with van der Waals surface area (Å²) in [5.74, 6) is 1.06. The van der Waals surface area contributed by atoms with Crippen LogP contribution in [0.3, 0.4) is 0 Å². The van der Waals surface area contributed by atoms with Crippen molar-refractivity contribution in [3.05, 3.63) is 0 Å². The Bertz CT molecular complexity index is 351. The predicted molar refractivity (Wildman–Crippen MR) is 82.1 cm³/mol. The van der Waals surface area contributed by atoms with Crippen molar-refractivity contribution in [2.24, 2.45) is 11.8 Å². The van der Waals surface area contributed by atoms with Crippen molar-refractivity contribution in [3.8, 4) is 0 Å². The lowest BCUT2D eigenvalue weighted by Crippen LogP contribution is -2.49. The Kier molecular flexibility index (Phi) is 5.14. The number of nitrogens with one attached hydrogen (secondary N) is 1. The van der Waals surface area contributed by atoms with E-state index in [4.69, 9.17) is 4.74 Å². The third kappa shape index (κ3) is 3.58. The lowest BCUT2D eigenvalue weighted by atomic mass is 9.86. The molecule has 0 spiro atoms. The van der Waals surface area contributed by atoms with Crippen molar-refractivity contribution < 1.29 is 9.53 Å². The van der Waals surface area contributed by atoms with Crippen LogP contribution in [0.4, 0.5) is 0 Å². The Morgan fingerprint density at radius 3 is 2.57 bits per heavy atom. The molecule has 0 aromatic carbocycles. The topological polar surface area (TPSA) is 44.8 Å². The van der Waals surface area contributed by atoms with E-state index in [2.05, 4.69) is 22.0 Å². The molecular formula is C16H29N3O2. The lowest BCUT2D eigenvalue weighted by Gasteiger charge is -2.33. The van der Waals surface area contributed by atoms with Gasteiger partial charge in [0.2, 0.25) is 5.91 Å². The fourth-order valence-corrected chi connectivity index (χ4v) is 3.99. The number of nitrogens with zero attached hydrogens (tertiary/aromatic N) is 2. The highest BCUT2D eigenvalue weighted by atomic mass is 16.5. The quantitative estimate of drug-likeness (QED) is 0.826. The number of hydrogen-bond acceptors (Lipinski definition) is 4. The summed E-state index contributed by atoms with van der Waals surface area (Å²) in [4.78, 5) is 17.4. The first-order valence-electron chi connectivity index (χ1n) is 8.57. The Morgan fingerprint density at radius 1 is 1.14 bits per heavy atom. The van der Waals surface area contributed by atoms with Gasteiger partial charge in [-0.05, 0) is 25.2 Å². The van der Waals surface area contributed by atoms with Gasteiger partial charge in [0.1, 0.15) is 0 Å². The van der Waals surface area contributed by atoms with Crippen LogP contribution in [-0.2, 0) is 9.53 Å². The van der Waals surface area contributed by atoms with Gasteiger partial charge in [-0.2, -0.15) is 0 Å². The molecule has 1 N–H and O–H groups in total. The molecule has 3 fully saturated rings. The Hall–Kier alpha value is -0.650. The van der Waals surface area contributed by atoms with Crippen molar-refractivity contribution in [3.63, 3.8) is 0 Å². The second-order valence-electron chi connectivity index (χ2n) is 6.75. The van der Waals surface area contributed by atoms with E-state index in [1.807, 2.05) is 0 Å². The molecule has 3 saturated heterocycles. The van der Waals surface area contributed by atoms with Gasteiger partial charge in [-0.1, -0.05) is 6.92 Å². The van der Waals surface area contributed by atoms with Gasteiger partial charge in [0.25, 0.3) is 0 Å². The van der Waals surface area contributed by atoms with Crippen LogP contribution in [0.25, 0.3) is 0 Å². The van der Waals surface area contributed by atoms with Gasteiger partial charge in [0.15, 0.2) is 0 Å². The first kappa shape index (κ1) is 15.3. The Balaban J connectivity index is 1.51. The number of rotatable bonds is 3. The van der Waals surface area contributed by atoms with E-state index in [0.29, 0.717) is 17.9 Å². The molecule has 0 aromatic heterocycles. The van der Waals surface area contributed by atoms with E-state index >= 15 is 0 Å². The lowest BCUT2D eigenvalue weighted by molar-refractivity contribution is -0.137. The maximum atomic E-state index is 12.7. The van der Waals surface area contributed by atoms with E-state index in [1.165, 1.54) is 0 Å². The van der Waals surface area contributed by atoms with Gasteiger partial charge in [-0.3, -0.25) is 9.69 Å². The van der Waals surface area contributed by atoms with Gasteiger partial charge >= 0.3 is 0 Å². The molecule has 3 aliphatic rings. The zero-order chi connectivity index (χ0) is 14.7. The average Bonchev–Trinajstić information content (AvgIpc) is 3.05. The number of piperazine rings is 1. The number of likely N-dealkylation sites (tertiary alicyclic amines) is 1. The summed E-state index contributed by atoms with van der Waals surface area (Å²) >= 11 is 0. The zero-order valence-corrected chi connectivity index (χ0v) is 13.2. The first-order chi connectivity index (χ1) is 10.3. The smallest absolute Gasteiger partial charge is 0.225 e. The van der Waals surface area contributed by atoms with E-state index in [1.54, 1.807) is 0 Å². The fraction of sp³-hybridized carbons (Fsp3) is 0.938. The maximum Gasteiger partial charge on any atom is 0.225 e. The van der Waals surface area contributed by atoms with Gasteiger partial charge in [0.05, 0.1) is 0 Å². The van der Waals surface area contributed by atoms with Crippen molar-refractivity contribution in [1.29, 1.82) is 0 Å². The molecule has 0 aromatic rings. The van der Waals surface area contributed by atoms with Crippen LogP contribution in [0.2, 0.25) is 0 Å². The monoisotopic (exact) mass is 295 g/mol. The van der Waals surface area contributed by atoms with E-state index in [-0.39, 0.29) is 5.92 Å². The van der Waals surface area contributed by atoms with Crippen molar-refractivity contribution in [1.82, 2.24) is 15.1 Å². The number of ether oxygens (including phenoxy) is 1. The summed E-state index contributed by atoms with van der Waals surface area (Å²) < 4.78 is 5.41.